The molecule has 0 aliphatic carbocycles. The minimum absolute atomic E-state index is 0.756. The van der Waals surface area contributed by atoms with Crippen molar-refractivity contribution in [2.75, 3.05) is 40.3 Å². The first kappa shape index (κ1) is 10.4. The Morgan fingerprint density at radius 3 is 2.64 bits per heavy atom. The van der Waals surface area contributed by atoms with Gasteiger partial charge in [0, 0.05) is 25.2 Å². The van der Waals surface area contributed by atoms with E-state index in [4.69, 9.17) is 0 Å². The maximum atomic E-state index is 3.48. The van der Waals surface area contributed by atoms with Crippen LogP contribution in [0.5, 0.6) is 0 Å². The third-order valence-corrected chi connectivity index (χ3v) is 3.94. The van der Waals surface area contributed by atoms with Crippen LogP contribution in [0.4, 0.5) is 0 Å². The Balaban J connectivity index is 1.90. The van der Waals surface area contributed by atoms with Crippen molar-refractivity contribution in [3.05, 3.63) is 0 Å². The van der Waals surface area contributed by atoms with Gasteiger partial charge in [-0.15, -0.1) is 0 Å². The predicted molar refractivity (Wildman–Crippen MR) is 59.5 cm³/mol. The lowest BCUT2D eigenvalue weighted by molar-refractivity contribution is 0.159. The molecule has 0 saturated carbocycles. The summed E-state index contributed by atoms with van der Waals surface area (Å²) in [6, 6.07) is 1.54. The van der Waals surface area contributed by atoms with E-state index in [0.717, 1.165) is 18.0 Å². The summed E-state index contributed by atoms with van der Waals surface area (Å²) >= 11 is 0. The Kier molecular flexibility index (Phi) is 3.10. The fourth-order valence-electron chi connectivity index (χ4n) is 2.86. The van der Waals surface area contributed by atoms with Gasteiger partial charge in [0.05, 0.1) is 0 Å². The highest BCUT2D eigenvalue weighted by Crippen LogP contribution is 2.20. The molecule has 0 amide bonds. The number of rotatable bonds is 2. The van der Waals surface area contributed by atoms with Gasteiger partial charge in [-0.3, -0.25) is 4.90 Å². The Morgan fingerprint density at radius 2 is 2.14 bits per heavy atom. The van der Waals surface area contributed by atoms with Crippen LogP contribution in [0, 0.1) is 5.92 Å². The van der Waals surface area contributed by atoms with Crippen molar-refractivity contribution >= 4 is 0 Å². The molecule has 3 heteroatoms. The van der Waals surface area contributed by atoms with Gasteiger partial charge in [-0.05, 0) is 39.5 Å². The van der Waals surface area contributed by atoms with Gasteiger partial charge < -0.3 is 10.2 Å². The largest absolute Gasteiger partial charge is 0.315 e. The number of likely N-dealkylation sites (N-methyl/N-ethyl adjacent to an activating group) is 2. The standard InChI is InChI=1S/C11H23N3/c1-9-6-12-7-11(9)14(3)10-4-5-13(2)8-10/h9-12H,4-8H2,1-3H3. The fourth-order valence-corrected chi connectivity index (χ4v) is 2.86. The molecule has 1 N–H and O–H groups in total. The lowest BCUT2D eigenvalue weighted by Gasteiger charge is -2.32. The molecule has 2 aliphatic heterocycles. The molecule has 3 nitrogen and oxygen atoms in total. The molecule has 2 fully saturated rings. The third-order valence-electron chi connectivity index (χ3n) is 3.94. The quantitative estimate of drug-likeness (QED) is 0.684. The van der Waals surface area contributed by atoms with Crippen LogP contribution in [0.3, 0.4) is 0 Å². The van der Waals surface area contributed by atoms with Crippen LogP contribution < -0.4 is 5.32 Å². The van der Waals surface area contributed by atoms with E-state index in [1.165, 1.54) is 32.6 Å². The van der Waals surface area contributed by atoms with Crippen LogP contribution >= 0.6 is 0 Å². The molecule has 3 atom stereocenters. The van der Waals surface area contributed by atoms with Crippen molar-refractivity contribution < 1.29 is 0 Å². The topological polar surface area (TPSA) is 18.5 Å². The Bertz CT molecular complexity index is 195. The van der Waals surface area contributed by atoms with E-state index in [1.807, 2.05) is 0 Å². The Morgan fingerprint density at radius 1 is 1.36 bits per heavy atom. The first-order valence-electron chi connectivity index (χ1n) is 5.79. The van der Waals surface area contributed by atoms with E-state index in [1.54, 1.807) is 0 Å². The van der Waals surface area contributed by atoms with Crippen molar-refractivity contribution in [2.45, 2.75) is 25.4 Å². The molecule has 2 saturated heterocycles. The summed E-state index contributed by atoms with van der Waals surface area (Å²) < 4.78 is 0. The monoisotopic (exact) mass is 197 g/mol. The molecule has 0 spiro atoms. The van der Waals surface area contributed by atoms with Crippen LogP contribution in [0.1, 0.15) is 13.3 Å². The van der Waals surface area contributed by atoms with Crippen molar-refractivity contribution in [1.82, 2.24) is 15.1 Å². The zero-order valence-corrected chi connectivity index (χ0v) is 9.66. The van der Waals surface area contributed by atoms with Crippen LogP contribution in [0.25, 0.3) is 0 Å². The number of hydrogen-bond acceptors (Lipinski definition) is 3. The first-order chi connectivity index (χ1) is 6.68. The molecule has 0 bridgehead atoms. The molecule has 82 valence electrons. The van der Waals surface area contributed by atoms with Gasteiger partial charge in [0.25, 0.3) is 0 Å². The number of likely N-dealkylation sites (tertiary alicyclic amines) is 1. The highest BCUT2D eigenvalue weighted by atomic mass is 15.3. The van der Waals surface area contributed by atoms with Gasteiger partial charge in [0.1, 0.15) is 0 Å². The second-order valence-electron chi connectivity index (χ2n) is 5.07. The van der Waals surface area contributed by atoms with Crippen molar-refractivity contribution in [3.8, 4) is 0 Å². The molecular weight excluding hydrogens is 174 g/mol. The van der Waals surface area contributed by atoms with Crippen LogP contribution in [0.2, 0.25) is 0 Å². The van der Waals surface area contributed by atoms with E-state index in [-0.39, 0.29) is 0 Å². The number of hydrogen-bond donors (Lipinski definition) is 1. The van der Waals surface area contributed by atoms with E-state index < -0.39 is 0 Å². The Labute approximate surface area is 87.4 Å². The van der Waals surface area contributed by atoms with Crippen molar-refractivity contribution in [3.63, 3.8) is 0 Å². The first-order valence-corrected chi connectivity index (χ1v) is 5.79. The molecule has 0 aromatic rings. The lowest BCUT2D eigenvalue weighted by Crippen LogP contribution is -2.45. The maximum Gasteiger partial charge on any atom is 0.0258 e. The van der Waals surface area contributed by atoms with E-state index >= 15 is 0 Å². The lowest BCUT2D eigenvalue weighted by atomic mass is 10.0. The van der Waals surface area contributed by atoms with Crippen molar-refractivity contribution in [1.29, 1.82) is 0 Å². The molecule has 0 aromatic heterocycles. The van der Waals surface area contributed by atoms with Crippen LogP contribution in [0.15, 0.2) is 0 Å². The molecule has 2 aliphatic rings. The van der Waals surface area contributed by atoms with Gasteiger partial charge in [0.2, 0.25) is 0 Å². The minimum Gasteiger partial charge on any atom is -0.315 e. The zero-order valence-electron chi connectivity index (χ0n) is 9.66. The molecule has 14 heavy (non-hydrogen) atoms. The summed E-state index contributed by atoms with van der Waals surface area (Å²) in [6.45, 7) is 7.25. The molecule has 0 radical (unpaired) electrons. The highest BCUT2D eigenvalue weighted by molar-refractivity contribution is 4.90. The molecule has 3 unspecified atom stereocenters. The van der Waals surface area contributed by atoms with E-state index in [2.05, 4.69) is 36.1 Å². The Hall–Kier alpha value is -0.120. The second kappa shape index (κ2) is 4.17. The predicted octanol–water partition coefficient (Wildman–Crippen LogP) is 0.230. The van der Waals surface area contributed by atoms with Gasteiger partial charge in [0.15, 0.2) is 0 Å². The normalized spacial score (nSPS) is 39.9. The highest BCUT2D eigenvalue weighted by Gasteiger charge is 2.33. The van der Waals surface area contributed by atoms with E-state index in [0.29, 0.717) is 0 Å². The van der Waals surface area contributed by atoms with Gasteiger partial charge >= 0.3 is 0 Å². The molecule has 0 aromatic carbocycles. The second-order valence-corrected chi connectivity index (χ2v) is 5.07. The average Bonchev–Trinajstić information content (AvgIpc) is 2.73. The van der Waals surface area contributed by atoms with Gasteiger partial charge in [-0.1, -0.05) is 6.92 Å². The van der Waals surface area contributed by atoms with Gasteiger partial charge in [-0.25, -0.2) is 0 Å². The summed E-state index contributed by atoms with van der Waals surface area (Å²) in [5.41, 5.74) is 0. The zero-order chi connectivity index (χ0) is 10.1. The summed E-state index contributed by atoms with van der Waals surface area (Å²) in [4.78, 5) is 5.04. The summed E-state index contributed by atoms with van der Waals surface area (Å²) in [5, 5.41) is 3.48. The van der Waals surface area contributed by atoms with Crippen LogP contribution in [-0.4, -0.2) is 62.2 Å². The average molecular weight is 197 g/mol. The van der Waals surface area contributed by atoms with E-state index in [9.17, 15) is 0 Å². The molecule has 2 rings (SSSR count). The minimum atomic E-state index is 0.756. The maximum absolute atomic E-state index is 3.48. The molecule has 2 heterocycles. The SMILES string of the molecule is CC1CNCC1N(C)C1CCN(C)C1. The number of nitrogens with one attached hydrogen (secondary N) is 1. The van der Waals surface area contributed by atoms with Crippen LogP contribution in [-0.2, 0) is 0 Å². The fraction of sp³-hybridized carbons (Fsp3) is 1.00. The summed E-state index contributed by atoms with van der Waals surface area (Å²) in [5.74, 6) is 0.811. The van der Waals surface area contributed by atoms with Gasteiger partial charge in [-0.2, -0.15) is 0 Å². The van der Waals surface area contributed by atoms with Crippen molar-refractivity contribution in [2.24, 2.45) is 5.92 Å². The third kappa shape index (κ3) is 1.95. The number of nitrogens with zero attached hydrogens (tertiary/aromatic N) is 2. The molecular formula is C11H23N3. The summed E-state index contributed by atoms with van der Waals surface area (Å²) in [6.07, 6.45) is 1.34. The smallest absolute Gasteiger partial charge is 0.0258 e. The summed E-state index contributed by atoms with van der Waals surface area (Å²) in [7, 11) is 4.53.